The van der Waals surface area contributed by atoms with Crippen molar-refractivity contribution in [2.75, 3.05) is 6.54 Å². The number of unbranched alkanes of at least 4 members (excludes halogenated alkanes) is 1. The molecule has 0 bridgehead atoms. The van der Waals surface area contributed by atoms with Crippen LogP contribution in [0.4, 0.5) is 0 Å². The summed E-state index contributed by atoms with van der Waals surface area (Å²) in [6.45, 7) is 2.69. The van der Waals surface area contributed by atoms with Crippen molar-refractivity contribution in [3.63, 3.8) is 0 Å². The molecular weight excluding hydrogens is 328 g/mol. The molecule has 140 valence electrons. The third-order valence-electron chi connectivity index (χ3n) is 4.97. The van der Waals surface area contributed by atoms with Crippen molar-refractivity contribution in [1.29, 1.82) is 0 Å². The summed E-state index contributed by atoms with van der Waals surface area (Å²) in [5.74, 6) is -0.146. The number of hydrogen-bond donors (Lipinski definition) is 2. The molecule has 0 aromatic carbocycles. The van der Waals surface area contributed by atoms with Crippen LogP contribution in [0.2, 0.25) is 0 Å². The maximum atomic E-state index is 12.8. The van der Waals surface area contributed by atoms with Crippen molar-refractivity contribution in [2.24, 2.45) is 0 Å². The third kappa shape index (κ3) is 4.23. The normalized spacial score (nSPS) is 15.6. The Kier molecular flexibility index (Phi) is 6.26. The van der Waals surface area contributed by atoms with E-state index in [2.05, 4.69) is 22.5 Å². The fraction of sp³-hybridized carbons (Fsp3) is 0.550. The molecule has 26 heavy (non-hydrogen) atoms. The Morgan fingerprint density at radius 2 is 1.92 bits per heavy atom. The molecule has 1 fully saturated rings. The molecule has 0 aliphatic heterocycles. The number of fused-ring (bicyclic) bond motifs is 1. The largest absolute Gasteiger partial charge is 0.351 e. The van der Waals surface area contributed by atoms with Crippen LogP contribution in [-0.2, 0) is 0 Å². The molecular formula is C20H28N4O2. The average molecular weight is 356 g/mol. The minimum atomic E-state index is -0.226. The van der Waals surface area contributed by atoms with Crippen LogP contribution >= 0.6 is 0 Å². The number of nitrogens with one attached hydrogen (secondary N) is 2. The number of rotatable bonds is 6. The first kappa shape index (κ1) is 18.4. The van der Waals surface area contributed by atoms with Gasteiger partial charge >= 0.3 is 0 Å². The molecule has 2 aromatic heterocycles. The van der Waals surface area contributed by atoms with Gasteiger partial charge in [0.25, 0.3) is 11.8 Å². The molecule has 0 unspecified atom stereocenters. The lowest BCUT2D eigenvalue weighted by Gasteiger charge is -2.15. The molecule has 3 rings (SSSR count). The molecule has 2 heterocycles. The third-order valence-corrected chi connectivity index (χ3v) is 4.97. The van der Waals surface area contributed by atoms with Crippen molar-refractivity contribution in [1.82, 2.24) is 20.0 Å². The molecule has 0 atom stereocenters. The van der Waals surface area contributed by atoms with Gasteiger partial charge in [-0.2, -0.15) is 0 Å². The molecule has 6 heteroatoms. The van der Waals surface area contributed by atoms with Gasteiger partial charge in [-0.15, -0.1) is 0 Å². The highest BCUT2D eigenvalue weighted by atomic mass is 16.2. The van der Waals surface area contributed by atoms with E-state index in [0.29, 0.717) is 17.8 Å². The summed E-state index contributed by atoms with van der Waals surface area (Å²) in [5.41, 5.74) is 0.972. The number of hydrogen-bond acceptors (Lipinski definition) is 3. The van der Waals surface area contributed by atoms with E-state index in [1.54, 1.807) is 10.6 Å². The van der Waals surface area contributed by atoms with Crippen LogP contribution in [0.1, 0.15) is 79.4 Å². The number of nitrogens with zero attached hydrogens (tertiary/aromatic N) is 2. The smallest absolute Gasteiger partial charge is 0.287 e. The van der Waals surface area contributed by atoms with Crippen LogP contribution in [0.3, 0.4) is 0 Å². The van der Waals surface area contributed by atoms with Crippen LogP contribution < -0.4 is 10.6 Å². The number of carbonyl (C=O) groups is 2. The van der Waals surface area contributed by atoms with Gasteiger partial charge in [0.1, 0.15) is 0 Å². The maximum absolute atomic E-state index is 12.8. The Bertz CT molecular complexity index is 760. The van der Waals surface area contributed by atoms with Gasteiger partial charge in [0, 0.05) is 18.8 Å². The van der Waals surface area contributed by atoms with E-state index >= 15 is 0 Å². The Morgan fingerprint density at radius 1 is 1.15 bits per heavy atom. The molecule has 0 spiro atoms. The Hall–Kier alpha value is -2.37. The summed E-state index contributed by atoms with van der Waals surface area (Å²) >= 11 is 0. The number of aromatic nitrogens is 2. The lowest BCUT2D eigenvalue weighted by Crippen LogP contribution is -2.35. The van der Waals surface area contributed by atoms with Gasteiger partial charge in [0.05, 0.1) is 5.52 Å². The SMILES string of the molecule is CCCCNC(=O)c1nc(C(=O)NC2CCCCCC2)n2ccccc12. The monoisotopic (exact) mass is 356 g/mol. The molecule has 2 amide bonds. The summed E-state index contributed by atoms with van der Waals surface area (Å²) < 4.78 is 1.71. The lowest BCUT2D eigenvalue weighted by atomic mass is 10.1. The highest BCUT2D eigenvalue weighted by Crippen LogP contribution is 2.18. The van der Waals surface area contributed by atoms with Gasteiger partial charge in [0.15, 0.2) is 5.69 Å². The standard InChI is InChI=1S/C20H28N4O2/c1-2-3-13-21-19(25)17-16-12-8-9-14-24(16)18(23-17)20(26)22-15-10-6-4-5-7-11-15/h8-9,12,14-15H,2-7,10-11,13H2,1H3,(H,21,25)(H,22,26). The zero-order valence-corrected chi connectivity index (χ0v) is 15.5. The molecule has 2 aromatic rings. The van der Waals surface area contributed by atoms with Gasteiger partial charge in [-0.05, 0) is 31.4 Å². The van der Waals surface area contributed by atoms with Crippen molar-refractivity contribution in [2.45, 2.75) is 64.3 Å². The van der Waals surface area contributed by atoms with E-state index < -0.39 is 0 Å². The second-order valence-corrected chi connectivity index (χ2v) is 7.01. The second-order valence-electron chi connectivity index (χ2n) is 7.01. The Morgan fingerprint density at radius 3 is 2.65 bits per heavy atom. The number of imidazole rings is 1. The van der Waals surface area contributed by atoms with E-state index in [1.807, 2.05) is 18.2 Å². The summed E-state index contributed by atoms with van der Waals surface area (Å²) in [6.07, 6.45) is 10.5. The number of carbonyl (C=O) groups excluding carboxylic acids is 2. The first-order chi connectivity index (χ1) is 12.7. The van der Waals surface area contributed by atoms with Crippen molar-refractivity contribution >= 4 is 17.3 Å². The van der Waals surface area contributed by atoms with E-state index in [1.165, 1.54) is 12.8 Å². The molecule has 6 nitrogen and oxygen atoms in total. The predicted molar refractivity (Wildman–Crippen MR) is 101 cm³/mol. The Balaban J connectivity index is 1.81. The summed E-state index contributed by atoms with van der Waals surface area (Å²) in [5, 5.41) is 6.01. The van der Waals surface area contributed by atoms with Crippen LogP contribution in [0.5, 0.6) is 0 Å². The zero-order chi connectivity index (χ0) is 18.4. The van der Waals surface area contributed by atoms with Crippen LogP contribution in [0, 0.1) is 0 Å². The number of pyridine rings is 1. The van der Waals surface area contributed by atoms with Crippen molar-refractivity contribution < 1.29 is 9.59 Å². The molecule has 1 aliphatic carbocycles. The van der Waals surface area contributed by atoms with Crippen molar-refractivity contribution in [3.05, 3.63) is 35.9 Å². The minimum Gasteiger partial charge on any atom is -0.351 e. The summed E-state index contributed by atoms with van der Waals surface area (Å²) in [7, 11) is 0. The van der Waals surface area contributed by atoms with Crippen LogP contribution in [0.15, 0.2) is 24.4 Å². The summed E-state index contributed by atoms with van der Waals surface area (Å²) in [6, 6.07) is 5.72. The van der Waals surface area contributed by atoms with Crippen molar-refractivity contribution in [3.8, 4) is 0 Å². The molecule has 1 saturated carbocycles. The quantitative estimate of drug-likeness (QED) is 0.616. The average Bonchev–Trinajstić information content (AvgIpc) is 2.85. The minimum absolute atomic E-state index is 0.197. The van der Waals surface area contributed by atoms with Crippen LogP contribution in [-0.4, -0.2) is 33.8 Å². The predicted octanol–water partition coefficient (Wildman–Crippen LogP) is 3.32. The highest BCUT2D eigenvalue weighted by Gasteiger charge is 2.23. The van der Waals surface area contributed by atoms with Gasteiger partial charge in [-0.25, -0.2) is 4.98 Å². The lowest BCUT2D eigenvalue weighted by molar-refractivity contribution is 0.0922. The molecule has 2 N–H and O–H groups in total. The fourth-order valence-corrected chi connectivity index (χ4v) is 3.50. The number of amides is 2. The van der Waals surface area contributed by atoms with E-state index in [4.69, 9.17) is 0 Å². The molecule has 0 saturated heterocycles. The molecule has 1 aliphatic rings. The maximum Gasteiger partial charge on any atom is 0.287 e. The first-order valence-corrected chi connectivity index (χ1v) is 9.77. The Labute approximate surface area is 154 Å². The van der Waals surface area contributed by atoms with Gasteiger partial charge in [-0.1, -0.05) is 45.1 Å². The first-order valence-electron chi connectivity index (χ1n) is 9.77. The second kappa shape index (κ2) is 8.83. The highest BCUT2D eigenvalue weighted by molar-refractivity contribution is 6.02. The van der Waals surface area contributed by atoms with Gasteiger partial charge in [-0.3, -0.25) is 14.0 Å². The van der Waals surface area contributed by atoms with Gasteiger partial charge < -0.3 is 10.6 Å². The topological polar surface area (TPSA) is 75.5 Å². The molecule has 0 radical (unpaired) electrons. The van der Waals surface area contributed by atoms with E-state index in [-0.39, 0.29) is 23.7 Å². The van der Waals surface area contributed by atoms with E-state index in [9.17, 15) is 9.59 Å². The fourth-order valence-electron chi connectivity index (χ4n) is 3.50. The zero-order valence-electron chi connectivity index (χ0n) is 15.5. The van der Waals surface area contributed by atoms with E-state index in [0.717, 1.165) is 38.5 Å². The van der Waals surface area contributed by atoms with Gasteiger partial charge in [0.2, 0.25) is 5.82 Å². The summed E-state index contributed by atoms with van der Waals surface area (Å²) in [4.78, 5) is 29.7. The van der Waals surface area contributed by atoms with Crippen LogP contribution in [0.25, 0.3) is 5.52 Å².